The minimum Gasteiger partial charge on any atom is -0.383 e. The second-order valence-corrected chi connectivity index (χ2v) is 7.71. The Kier molecular flexibility index (Phi) is 7.93. The minimum absolute atomic E-state index is 0.0746. The first-order chi connectivity index (χ1) is 12.4. The molecule has 1 amide bonds. The number of methoxy groups -OCH3 is 1. The predicted molar refractivity (Wildman–Crippen MR) is 106 cm³/mol. The van der Waals surface area contributed by atoms with E-state index in [9.17, 15) is 9.59 Å². The summed E-state index contributed by atoms with van der Waals surface area (Å²) in [6.45, 7) is 5.63. The third-order valence-electron chi connectivity index (χ3n) is 3.78. The summed E-state index contributed by atoms with van der Waals surface area (Å²) in [6, 6.07) is 5.00. The van der Waals surface area contributed by atoms with E-state index >= 15 is 0 Å². The third-order valence-corrected chi connectivity index (χ3v) is 4.99. The molecular weight excluding hydrogens is 374 g/mol. The van der Waals surface area contributed by atoms with Crippen LogP contribution in [-0.2, 0) is 16.1 Å². The maximum Gasteiger partial charge on any atom is 0.262 e. The predicted octanol–water partition coefficient (Wildman–Crippen LogP) is 2.95. The summed E-state index contributed by atoms with van der Waals surface area (Å²) in [5.74, 6) is 0.660. The smallest absolute Gasteiger partial charge is 0.262 e. The normalized spacial score (nSPS) is 11.3. The lowest BCUT2D eigenvalue weighted by Crippen LogP contribution is -2.28. The van der Waals surface area contributed by atoms with Gasteiger partial charge in [-0.05, 0) is 30.5 Å². The lowest BCUT2D eigenvalue weighted by atomic mass is 10.1. The van der Waals surface area contributed by atoms with Crippen molar-refractivity contribution in [3.05, 3.63) is 33.6 Å². The molecule has 0 saturated carbocycles. The van der Waals surface area contributed by atoms with Crippen molar-refractivity contribution in [3.8, 4) is 0 Å². The molecule has 142 valence electrons. The Bertz CT molecular complexity index is 823. The Morgan fingerprint density at radius 1 is 1.42 bits per heavy atom. The molecule has 0 unspecified atom stereocenters. The van der Waals surface area contributed by atoms with Gasteiger partial charge in [0, 0.05) is 18.7 Å². The Morgan fingerprint density at radius 2 is 2.19 bits per heavy atom. The molecule has 8 heteroatoms. The molecule has 0 aliphatic rings. The Labute approximate surface area is 162 Å². The van der Waals surface area contributed by atoms with Crippen LogP contribution >= 0.6 is 23.4 Å². The van der Waals surface area contributed by atoms with Crippen molar-refractivity contribution in [1.82, 2.24) is 14.9 Å². The van der Waals surface area contributed by atoms with E-state index in [-0.39, 0.29) is 17.2 Å². The van der Waals surface area contributed by atoms with Crippen molar-refractivity contribution < 1.29 is 9.53 Å². The number of nitrogens with zero attached hydrogens (tertiary/aromatic N) is 2. The van der Waals surface area contributed by atoms with Crippen LogP contribution in [0.15, 0.2) is 28.2 Å². The SMILES string of the molecule is COCCn1c(SCC(=O)NCCC(C)C)nc2cc(Cl)ccc2c1=O. The Morgan fingerprint density at radius 3 is 2.88 bits per heavy atom. The molecule has 0 atom stereocenters. The summed E-state index contributed by atoms with van der Waals surface area (Å²) in [4.78, 5) is 29.3. The van der Waals surface area contributed by atoms with Crippen molar-refractivity contribution in [1.29, 1.82) is 0 Å². The van der Waals surface area contributed by atoms with Gasteiger partial charge in [0.2, 0.25) is 5.91 Å². The number of amides is 1. The molecule has 0 bridgehead atoms. The van der Waals surface area contributed by atoms with E-state index in [4.69, 9.17) is 16.3 Å². The number of thioether (sulfide) groups is 1. The summed E-state index contributed by atoms with van der Waals surface area (Å²) in [5.41, 5.74) is 0.366. The fraction of sp³-hybridized carbons (Fsp3) is 0.500. The second kappa shape index (κ2) is 9.94. The Balaban J connectivity index is 2.20. The molecular formula is C18H24ClN3O3S. The highest BCUT2D eigenvalue weighted by atomic mass is 35.5. The van der Waals surface area contributed by atoms with Crippen LogP contribution in [0.1, 0.15) is 20.3 Å². The topological polar surface area (TPSA) is 73.2 Å². The molecule has 1 aromatic heterocycles. The first-order valence-corrected chi connectivity index (χ1v) is 9.87. The monoisotopic (exact) mass is 397 g/mol. The molecule has 2 rings (SSSR count). The largest absolute Gasteiger partial charge is 0.383 e. The quantitative estimate of drug-likeness (QED) is 0.520. The summed E-state index contributed by atoms with van der Waals surface area (Å²) in [5, 5.41) is 4.39. The van der Waals surface area contributed by atoms with Crippen LogP contribution in [0, 0.1) is 5.92 Å². The first kappa shape index (κ1) is 20.7. The van der Waals surface area contributed by atoms with Crippen LogP contribution in [0.2, 0.25) is 5.02 Å². The Hall–Kier alpha value is -1.57. The zero-order valence-electron chi connectivity index (χ0n) is 15.3. The van der Waals surface area contributed by atoms with Crippen molar-refractivity contribution in [2.24, 2.45) is 5.92 Å². The summed E-state index contributed by atoms with van der Waals surface area (Å²) in [6.07, 6.45) is 0.932. The maximum absolute atomic E-state index is 12.8. The van der Waals surface area contributed by atoms with E-state index in [1.54, 1.807) is 29.9 Å². The lowest BCUT2D eigenvalue weighted by Gasteiger charge is -2.13. The molecule has 0 aliphatic carbocycles. The lowest BCUT2D eigenvalue weighted by molar-refractivity contribution is -0.118. The van der Waals surface area contributed by atoms with Gasteiger partial charge in [-0.3, -0.25) is 14.2 Å². The van der Waals surface area contributed by atoms with Crippen molar-refractivity contribution in [2.45, 2.75) is 32.0 Å². The maximum atomic E-state index is 12.8. The number of hydrogen-bond donors (Lipinski definition) is 1. The minimum atomic E-state index is -0.161. The number of halogens is 1. The van der Waals surface area contributed by atoms with Crippen molar-refractivity contribution >= 4 is 40.2 Å². The average Bonchev–Trinajstić information content (AvgIpc) is 2.58. The highest BCUT2D eigenvalue weighted by Gasteiger charge is 2.13. The third kappa shape index (κ3) is 5.72. The number of rotatable bonds is 9. The molecule has 0 saturated heterocycles. The number of hydrogen-bond acceptors (Lipinski definition) is 5. The van der Waals surface area contributed by atoms with Gasteiger partial charge in [-0.2, -0.15) is 0 Å². The van der Waals surface area contributed by atoms with Gasteiger partial charge in [0.25, 0.3) is 5.56 Å². The van der Waals surface area contributed by atoms with Gasteiger partial charge < -0.3 is 10.1 Å². The van der Waals surface area contributed by atoms with Gasteiger partial charge in [-0.25, -0.2) is 4.98 Å². The summed E-state index contributed by atoms with van der Waals surface area (Å²) < 4.78 is 6.64. The highest BCUT2D eigenvalue weighted by Crippen LogP contribution is 2.20. The number of nitrogens with one attached hydrogen (secondary N) is 1. The van der Waals surface area contributed by atoms with Gasteiger partial charge in [-0.15, -0.1) is 0 Å². The van der Waals surface area contributed by atoms with E-state index in [0.717, 1.165) is 6.42 Å². The molecule has 26 heavy (non-hydrogen) atoms. The number of fused-ring (bicyclic) bond motifs is 1. The molecule has 1 heterocycles. The molecule has 6 nitrogen and oxygen atoms in total. The zero-order valence-corrected chi connectivity index (χ0v) is 16.8. The summed E-state index contributed by atoms with van der Waals surface area (Å²) >= 11 is 7.26. The molecule has 0 fully saturated rings. The van der Waals surface area contributed by atoms with Gasteiger partial charge in [0.1, 0.15) is 0 Å². The van der Waals surface area contributed by atoms with Crippen LogP contribution in [0.4, 0.5) is 0 Å². The molecule has 0 radical (unpaired) electrons. The number of aromatic nitrogens is 2. The van der Waals surface area contributed by atoms with E-state index in [0.29, 0.717) is 46.7 Å². The number of carbonyl (C=O) groups is 1. The average molecular weight is 398 g/mol. The van der Waals surface area contributed by atoms with Crippen molar-refractivity contribution in [3.63, 3.8) is 0 Å². The van der Waals surface area contributed by atoms with Crippen LogP contribution in [0.5, 0.6) is 0 Å². The van der Waals surface area contributed by atoms with E-state index in [1.165, 1.54) is 11.8 Å². The zero-order chi connectivity index (χ0) is 19.1. The van der Waals surface area contributed by atoms with Gasteiger partial charge in [0.05, 0.1) is 29.8 Å². The first-order valence-electron chi connectivity index (χ1n) is 8.51. The number of ether oxygens (including phenoxy) is 1. The standard InChI is InChI=1S/C18H24ClN3O3S/c1-12(2)6-7-20-16(23)11-26-18-21-15-10-13(19)4-5-14(15)17(24)22(18)8-9-25-3/h4-5,10,12H,6-9,11H2,1-3H3,(H,20,23). The summed E-state index contributed by atoms with van der Waals surface area (Å²) in [7, 11) is 1.58. The molecule has 1 aromatic carbocycles. The van der Waals surface area contributed by atoms with Crippen LogP contribution in [-0.4, -0.2) is 41.5 Å². The van der Waals surface area contributed by atoms with Crippen molar-refractivity contribution in [2.75, 3.05) is 26.0 Å². The van der Waals surface area contributed by atoms with Crippen LogP contribution < -0.4 is 10.9 Å². The van der Waals surface area contributed by atoms with Gasteiger partial charge >= 0.3 is 0 Å². The van der Waals surface area contributed by atoms with Gasteiger partial charge in [-0.1, -0.05) is 37.2 Å². The van der Waals surface area contributed by atoms with Crippen LogP contribution in [0.25, 0.3) is 10.9 Å². The van der Waals surface area contributed by atoms with E-state index in [2.05, 4.69) is 24.1 Å². The van der Waals surface area contributed by atoms with E-state index in [1.807, 2.05) is 0 Å². The molecule has 2 aromatic rings. The fourth-order valence-electron chi connectivity index (χ4n) is 2.35. The number of benzene rings is 1. The highest BCUT2D eigenvalue weighted by molar-refractivity contribution is 7.99. The number of carbonyl (C=O) groups excluding carboxylic acids is 1. The molecule has 0 aliphatic heterocycles. The molecule has 1 N–H and O–H groups in total. The van der Waals surface area contributed by atoms with Crippen LogP contribution in [0.3, 0.4) is 0 Å². The molecule has 0 spiro atoms. The van der Waals surface area contributed by atoms with E-state index < -0.39 is 0 Å². The van der Waals surface area contributed by atoms with Gasteiger partial charge in [0.15, 0.2) is 5.16 Å². The second-order valence-electron chi connectivity index (χ2n) is 6.33. The fourth-order valence-corrected chi connectivity index (χ4v) is 3.37.